The molecule has 2 N–H and O–H groups in total. The molecule has 1 aromatic heterocycles. The van der Waals surface area contributed by atoms with Crippen LogP contribution in [-0.2, 0) is 17.9 Å². The van der Waals surface area contributed by atoms with Gasteiger partial charge in [-0.1, -0.05) is 0 Å². The van der Waals surface area contributed by atoms with Crippen molar-refractivity contribution in [2.24, 2.45) is 23.5 Å². The second kappa shape index (κ2) is 4.28. The Bertz CT molecular complexity index is 552. The van der Waals surface area contributed by atoms with Gasteiger partial charge in [0.2, 0.25) is 5.91 Å². The molecule has 4 rings (SSSR count). The van der Waals surface area contributed by atoms with Crippen molar-refractivity contribution < 1.29 is 4.79 Å². The van der Waals surface area contributed by atoms with Gasteiger partial charge in [0.05, 0.1) is 19.0 Å². The van der Waals surface area contributed by atoms with Crippen molar-refractivity contribution in [2.45, 2.75) is 45.3 Å². The van der Waals surface area contributed by atoms with E-state index in [2.05, 4.69) is 10.1 Å². The van der Waals surface area contributed by atoms with Crippen LogP contribution in [0.25, 0.3) is 0 Å². The maximum absolute atomic E-state index is 12.8. The molecule has 1 aliphatic heterocycles. The van der Waals surface area contributed by atoms with E-state index >= 15 is 0 Å². The summed E-state index contributed by atoms with van der Waals surface area (Å²) in [6.07, 6.45) is 3.54. The zero-order valence-corrected chi connectivity index (χ0v) is 11.8. The van der Waals surface area contributed by atoms with Gasteiger partial charge in [-0.3, -0.25) is 4.79 Å². The van der Waals surface area contributed by atoms with Crippen LogP contribution in [0.3, 0.4) is 0 Å². The van der Waals surface area contributed by atoms with Crippen molar-refractivity contribution in [1.82, 2.24) is 19.7 Å². The molecule has 2 aliphatic carbocycles. The molecule has 2 fully saturated rings. The highest BCUT2D eigenvalue weighted by atomic mass is 16.2. The van der Waals surface area contributed by atoms with Crippen molar-refractivity contribution in [3.8, 4) is 0 Å². The van der Waals surface area contributed by atoms with E-state index < -0.39 is 0 Å². The molecule has 1 amide bonds. The first-order chi connectivity index (χ1) is 9.63. The third-order valence-electron chi connectivity index (χ3n) is 5.35. The summed E-state index contributed by atoms with van der Waals surface area (Å²) < 4.78 is 1.92. The van der Waals surface area contributed by atoms with E-state index in [1.54, 1.807) is 0 Å². The molecular formula is C14H21N5O. The van der Waals surface area contributed by atoms with Gasteiger partial charge in [-0.15, -0.1) is 0 Å². The predicted molar refractivity (Wildman–Crippen MR) is 72.5 cm³/mol. The number of nitrogens with two attached hydrogens (primary N) is 1. The molecule has 4 unspecified atom stereocenters. The lowest BCUT2D eigenvalue weighted by Gasteiger charge is -2.34. The van der Waals surface area contributed by atoms with Crippen molar-refractivity contribution in [3.05, 3.63) is 11.6 Å². The smallest absolute Gasteiger partial charge is 0.228 e. The second-order valence-corrected chi connectivity index (χ2v) is 6.49. The Kier molecular flexibility index (Phi) is 2.64. The quantitative estimate of drug-likeness (QED) is 0.800. The van der Waals surface area contributed by atoms with Crippen LogP contribution in [0.4, 0.5) is 0 Å². The van der Waals surface area contributed by atoms with Crippen LogP contribution in [0.5, 0.6) is 0 Å². The Morgan fingerprint density at radius 3 is 2.85 bits per heavy atom. The Morgan fingerprint density at radius 1 is 1.30 bits per heavy atom. The van der Waals surface area contributed by atoms with Gasteiger partial charge in [-0.2, -0.15) is 5.10 Å². The standard InChI is InChI=1S/C14H21N5O/c1-8-16-11-7-18(4-5-19(11)17-8)14(20)12-9-2-3-10(6-9)13(12)15/h9-10,12-13H,2-7,15H2,1H3. The molecule has 0 spiro atoms. The number of aromatic nitrogens is 3. The number of aryl methyl sites for hydroxylation is 1. The maximum Gasteiger partial charge on any atom is 0.228 e. The summed E-state index contributed by atoms with van der Waals surface area (Å²) in [5.74, 6) is 3.07. The normalized spacial score (nSPS) is 35.4. The average Bonchev–Trinajstić information content (AvgIpc) is 3.09. The summed E-state index contributed by atoms with van der Waals surface area (Å²) in [7, 11) is 0. The highest BCUT2D eigenvalue weighted by molar-refractivity contribution is 5.80. The summed E-state index contributed by atoms with van der Waals surface area (Å²) in [6, 6.07) is 0.0720. The fourth-order valence-electron chi connectivity index (χ4n) is 4.36. The maximum atomic E-state index is 12.8. The monoisotopic (exact) mass is 275 g/mol. The third kappa shape index (κ3) is 1.70. The minimum Gasteiger partial charge on any atom is -0.333 e. The molecule has 6 heteroatoms. The molecule has 0 saturated heterocycles. The van der Waals surface area contributed by atoms with Gasteiger partial charge >= 0.3 is 0 Å². The third-order valence-corrected chi connectivity index (χ3v) is 5.35. The summed E-state index contributed by atoms with van der Waals surface area (Å²) in [5, 5.41) is 4.34. The van der Waals surface area contributed by atoms with E-state index in [9.17, 15) is 4.79 Å². The molecule has 2 saturated carbocycles. The van der Waals surface area contributed by atoms with E-state index in [1.807, 2.05) is 16.5 Å². The second-order valence-electron chi connectivity index (χ2n) is 6.49. The molecular weight excluding hydrogens is 254 g/mol. The molecule has 0 aromatic carbocycles. The van der Waals surface area contributed by atoms with Crippen LogP contribution < -0.4 is 5.73 Å². The minimum absolute atomic E-state index is 0.0457. The van der Waals surface area contributed by atoms with E-state index in [-0.39, 0.29) is 17.9 Å². The van der Waals surface area contributed by atoms with Gasteiger partial charge in [0, 0.05) is 12.6 Å². The van der Waals surface area contributed by atoms with Gasteiger partial charge in [-0.05, 0) is 38.0 Å². The van der Waals surface area contributed by atoms with Gasteiger partial charge in [0.1, 0.15) is 11.6 Å². The lowest BCUT2D eigenvalue weighted by molar-refractivity contribution is -0.139. The van der Waals surface area contributed by atoms with E-state index in [1.165, 1.54) is 12.8 Å². The summed E-state index contributed by atoms with van der Waals surface area (Å²) >= 11 is 0. The van der Waals surface area contributed by atoms with Gasteiger partial charge < -0.3 is 10.6 Å². The molecule has 108 valence electrons. The SMILES string of the molecule is Cc1nc2n(n1)CCN(C(=O)C1C3CCC(C3)C1N)C2. The first kappa shape index (κ1) is 12.3. The van der Waals surface area contributed by atoms with Gasteiger partial charge in [0.25, 0.3) is 0 Å². The molecule has 3 aliphatic rings. The van der Waals surface area contributed by atoms with Crippen LogP contribution in [-0.4, -0.2) is 38.2 Å². The Morgan fingerprint density at radius 2 is 2.10 bits per heavy atom. The average molecular weight is 275 g/mol. The Labute approximate surface area is 118 Å². The zero-order valence-electron chi connectivity index (χ0n) is 11.8. The summed E-state index contributed by atoms with van der Waals surface area (Å²) in [6.45, 7) is 3.96. The predicted octanol–water partition coefficient (Wildman–Crippen LogP) is 0.302. The lowest BCUT2D eigenvalue weighted by Crippen LogP contribution is -2.49. The minimum atomic E-state index is 0.0457. The number of carbonyl (C=O) groups excluding carboxylic acids is 1. The topological polar surface area (TPSA) is 77.0 Å². The van der Waals surface area contributed by atoms with Crippen molar-refractivity contribution >= 4 is 5.91 Å². The van der Waals surface area contributed by atoms with Crippen molar-refractivity contribution in [2.75, 3.05) is 6.54 Å². The fourth-order valence-corrected chi connectivity index (χ4v) is 4.36. The van der Waals surface area contributed by atoms with Crippen molar-refractivity contribution in [3.63, 3.8) is 0 Å². The number of amides is 1. The highest BCUT2D eigenvalue weighted by Crippen LogP contribution is 2.48. The molecule has 6 nitrogen and oxygen atoms in total. The lowest BCUT2D eigenvalue weighted by atomic mass is 9.84. The van der Waals surface area contributed by atoms with Crippen LogP contribution in [0, 0.1) is 24.7 Å². The fraction of sp³-hybridized carbons (Fsp3) is 0.786. The number of rotatable bonds is 1. The van der Waals surface area contributed by atoms with Gasteiger partial charge in [0.15, 0.2) is 0 Å². The van der Waals surface area contributed by atoms with Crippen LogP contribution in [0.2, 0.25) is 0 Å². The number of nitrogens with zero attached hydrogens (tertiary/aromatic N) is 4. The molecule has 0 radical (unpaired) electrons. The van der Waals surface area contributed by atoms with Gasteiger partial charge in [-0.25, -0.2) is 9.67 Å². The number of hydrogen-bond acceptors (Lipinski definition) is 4. The van der Waals surface area contributed by atoms with Crippen LogP contribution in [0.1, 0.15) is 30.9 Å². The Balaban J connectivity index is 1.53. The van der Waals surface area contributed by atoms with Crippen molar-refractivity contribution in [1.29, 1.82) is 0 Å². The summed E-state index contributed by atoms with van der Waals surface area (Å²) in [4.78, 5) is 19.1. The van der Waals surface area contributed by atoms with E-state index in [0.29, 0.717) is 18.4 Å². The van der Waals surface area contributed by atoms with E-state index in [0.717, 1.165) is 31.2 Å². The Hall–Kier alpha value is -1.43. The number of carbonyl (C=O) groups is 1. The number of fused-ring (bicyclic) bond motifs is 3. The molecule has 20 heavy (non-hydrogen) atoms. The molecule has 1 aromatic rings. The zero-order chi connectivity index (χ0) is 13.9. The number of hydrogen-bond donors (Lipinski definition) is 1. The first-order valence-electron chi connectivity index (χ1n) is 7.58. The van der Waals surface area contributed by atoms with Crippen LogP contribution in [0.15, 0.2) is 0 Å². The van der Waals surface area contributed by atoms with E-state index in [4.69, 9.17) is 5.73 Å². The highest BCUT2D eigenvalue weighted by Gasteiger charge is 2.50. The molecule has 2 bridgehead atoms. The first-order valence-corrected chi connectivity index (χ1v) is 7.58. The molecule has 2 heterocycles. The van der Waals surface area contributed by atoms with Crippen LogP contribution >= 0.6 is 0 Å². The molecule has 4 atom stereocenters. The summed E-state index contributed by atoms with van der Waals surface area (Å²) in [5.41, 5.74) is 6.29. The largest absolute Gasteiger partial charge is 0.333 e.